The van der Waals surface area contributed by atoms with Gasteiger partial charge in [0, 0.05) is 36.1 Å². The van der Waals surface area contributed by atoms with E-state index in [1.165, 1.54) is 37.5 Å². The zero-order valence-electron chi connectivity index (χ0n) is 15.0. The summed E-state index contributed by atoms with van der Waals surface area (Å²) < 4.78 is 5.02. The van der Waals surface area contributed by atoms with Gasteiger partial charge in [0.15, 0.2) is 5.13 Å². The van der Waals surface area contributed by atoms with E-state index in [-0.39, 0.29) is 5.91 Å². The molecule has 2 heterocycles. The van der Waals surface area contributed by atoms with Crippen LogP contribution in [0.4, 0.5) is 5.13 Å². The number of amides is 1. The fourth-order valence-electron chi connectivity index (χ4n) is 3.07. The molecule has 0 radical (unpaired) electrons. The van der Waals surface area contributed by atoms with E-state index in [0.717, 1.165) is 18.0 Å². The number of piperidine rings is 1. The second-order valence-corrected chi connectivity index (χ2v) is 7.64. The summed E-state index contributed by atoms with van der Waals surface area (Å²) in [6.45, 7) is 5.58. The van der Waals surface area contributed by atoms with Crippen molar-refractivity contribution in [3.63, 3.8) is 0 Å². The molecule has 1 amide bonds. The molecular weight excluding hydrogens is 350 g/mol. The van der Waals surface area contributed by atoms with E-state index in [9.17, 15) is 9.59 Å². The van der Waals surface area contributed by atoms with Crippen molar-refractivity contribution in [1.82, 2.24) is 9.88 Å². The zero-order valence-corrected chi connectivity index (χ0v) is 15.8. The Balaban J connectivity index is 1.61. The van der Waals surface area contributed by atoms with Crippen LogP contribution in [0.1, 0.15) is 48.3 Å². The molecule has 26 heavy (non-hydrogen) atoms. The lowest BCUT2D eigenvalue weighted by Crippen LogP contribution is -2.36. The summed E-state index contributed by atoms with van der Waals surface area (Å²) in [5, 5.41) is 3.39. The van der Waals surface area contributed by atoms with Gasteiger partial charge in [0.05, 0.1) is 0 Å². The zero-order chi connectivity index (χ0) is 18.5. The van der Waals surface area contributed by atoms with Crippen LogP contribution < -0.4 is 10.1 Å². The van der Waals surface area contributed by atoms with Gasteiger partial charge >= 0.3 is 5.97 Å². The van der Waals surface area contributed by atoms with Crippen molar-refractivity contribution in [3.05, 3.63) is 40.9 Å². The minimum Gasteiger partial charge on any atom is -0.427 e. The van der Waals surface area contributed by atoms with Crippen LogP contribution in [0.3, 0.4) is 0 Å². The number of anilines is 1. The molecule has 3 rings (SSSR count). The van der Waals surface area contributed by atoms with Gasteiger partial charge in [-0.3, -0.25) is 19.8 Å². The molecule has 138 valence electrons. The van der Waals surface area contributed by atoms with E-state index >= 15 is 0 Å². The number of likely N-dealkylation sites (tertiary alicyclic amines) is 1. The van der Waals surface area contributed by atoms with Crippen molar-refractivity contribution in [2.75, 3.05) is 11.9 Å². The minimum absolute atomic E-state index is 0.272. The second-order valence-electron chi connectivity index (χ2n) is 6.52. The highest BCUT2D eigenvalue weighted by atomic mass is 32.1. The maximum Gasteiger partial charge on any atom is 0.308 e. The van der Waals surface area contributed by atoms with E-state index in [1.807, 2.05) is 6.20 Å². The van der Waals surface area contributed by atoms with Crippen molar-refractivity contribution < 1.29 is 14.3 Å². The lowest BCUT2D eigenvalue weighted by molar-refractivity contribution is -0.131. The third kappa shape index (κ3) is 4.89. The Morgan fingerprint density at radius 2 is 2.23 bits per heavy atom. The van der Waals surface area contributed by atoms with Crippen LogP contribution in [0.2, 0.25) is 0 Å². The summed E-state index contributed by atoms with van der Waals surface area (Å²) in [7, 11) is 0. The van der Waals surface area contributed by atoms with Gasteiger partial charge in [-0.05, 0) is 44.5 Å². The molecule has 1 atom stereocenters. The van der Waals surface area contributed by atoms with Gasteiger partial charge in [0.2, 0.25) is 0 Å². The Kier molecular flexibility index (Phi) is 6.00. The average molecular weight is 373 g/mol. The monoisotopic (exact) mass is 373 g/mol. The number of esters is 1. The molecule has 1 N–H and O–H groups in total. The summed E-state index contributed by atoms with van der Waals surface area (Å²) in [5.41, 5.74) is 0.421. The van der Waals surface area contributed by atoms with Crippen molar-refractivity contribution in [3.8, 4) is 5.75 Å². The molecule has 6 nitrogen and oxygen atoms in total. The van der Waals surface area contributed by atoms with Crippen molar-refractivity contribution >= 4 is 28.3 Å². The Hall–Kier alpha value is -2.25. The van der Waals surface area contributed by atoms with E-state index in [0.29, 0.717) is 22.5 Å². The largest absolute Gasteiger partial charge is 0.427 e. The van der Waals surface area contributed by atoms with Gasteiger partial charge in [-0.25, -0.2) is 4.98 Å². The maximum absolute atomic E-state index is 12.4. The van der Waals surface area contributed by atoms with Crippen LogP contribution in [-0.2, 0) is 11.3 Å². The smallest absolute Gasteiger partial charge is 0.308 e. The molecule has 0 aliphatic carbocycles. The summed E-state index contributed by atoms with van der Waals surface area (Å²) in [6.07, 6.45) is 5.61. The van der Waals surface area contributed by atoms with E-state index in [1.54, 1.807) is 24.3 Å². The van der Waals surface area contributed by atoms with Gasteiger partial charge in [-0.2, -0.15) is 0 Å². The number of thiazole rings is 1. The van der Waals surface area contributed by atoms with Crippen LogP contribution in [0.25, 0.3) is 0 Å². The predicted molar refractivity (Wildman–Crippen MR) is 102 cm³/mol. The normalized spacial score (nSPS) is 17.7. The number of nitrogens with zero attached hydrogens (tertiary/aromatic N) is 2. The first-order valence-corrected chi connectivity index (χ1v) is 9.61. The third-order valence-electron chi connectivity index (χ3n) is 4.43. The Morgan fingerprint density at radius 1 is 1.38 bits per heavy atom. The van der Waals surface area contributed by atoms with Crippen molar-refractivity contribution in [2.45, 2.75) is 45.7 Å². The highest BCUT2D eigenvalue weighted by molar-refractivity contribution is 7.15. The Bertz CT molecular complexity index is 790. The number of carbonyl (C=O) groups is 2. The quantitative estimate of drug-likeness (QED) is 0.639. The molecule has 1 aliphatic rings. The van der Waals surface area contributed by atoms with Gasteiger partial charge in [-0.1, -0.05) is 12.5 Å². The fraction of sp³-hybridized carbons (Fsp3) is 0.421. The van der Waals surface area contributed by atoms with Gasteiger partial charge in [0.25, 0.3) is 5.91 Å². The molecule has 2 aromatic rings. The van der Waals surface area contributed by atoms with Crippen LogP contribution >= 0.6 is 11.3 Å². The standard InChI is InChI=1S/C19H23N3O3S/c1-13-6-3-4-9-22(13)12-17-11-20-19(26-17)21-18(24)15-7-5-8-16(10-15)25-14(2)23/h5,7-8,10-11,13H,3-4,6,9,12H2,1-2H3,(H,20,21,24). The number of rotatable bonds is 5. The SMILES string of the molecule is CC(=O)Oc1cccc(C(=O)Nc2ncc(CN3CCCCC3C)s2)c1. The molecule has 0 bridgehead atoms. The molecular formula is C19H23N3O3S. The molecule has 1 unspecified atom stereocenters. The van der Waals surface area contributed by atoms with Gasteiger partial charge in [-0.15, -0.1) is 11.3 Å². The number of hydrogen-bond acceptors (Lipinski definition) is 6. The second kappa shape index (κ2) is 8.42. The van der Waals surface area contributed by atoms with Crippen LogP contribution in [-0.4, -0.2) is 34.3 Å². The number of aromatic nitrogens is 1. The molecule has 0 saturated carbocycles. The number of hydrogen-bond donors (Lipinski definition) is 1. The van der Waals surface area contributed by atoms with Crippen LogP contribution in [0.15, 0.2) is 30.5 Å². The first-order chi connectivity index (χ1) is 12.5. The summed E-state index contributed by atoms with van der Waals surface area (Å²) in [5.74, 6) is -0.339. The summed E-state index contributed by atoms with van der Waals surface area (Å²) in [6, 6.07) is 7.12. The molecule has 1 aromatic carbocycles. The Morgan fingerprint density at radius 3 is 3.00 bits per heavy atom. The Labute approximate surface area is 157 Å². The number of benzene rings is 1. The van der Waals surface area contributed by atoms with Gasteiger partial charge < -0.3 is 4.74 Å². The fourth-order valence-corrected chi connectivity index (χ4v) is 3.90. The number of ether oxygens (including phenoxy) is 1. The predicted octanol–water partition coefficient (Wildman–Crippen LogP) is 3.70. The highest BCUT2D eigenvalue weighted by Crippen LogP contribution is 2.24. The lowest BCUT2D eigenvalue weighted by atomic mass is 10.0. The number of carbonyl (C=O) groups excluding carboxylic acids is 2. The lowest BCUT2D eigenvalue weighted by Gasteiger charge is -2.32. The highest BCUT2D eigenvalue weighted by Gasteiger charge is 2.19. The first kappa shape index (κ1) is 18.5. The molecule has 1 aliphatic heterocycles. The average Bonchev–Trinajstić information content (AvgIpc) is 3.03. The summed E-state index contributed by atoms with van der Waals surface area (Å²) in [4.78, 5) is 31.4. The van der Waals surface area contributed by atoms with E-state index < -0.39 is 5.97 Å². The third-order valence-corrected chi connectivity index (χ3v) is 5.33. The van der Waals surface area contributed by atoms with E-state index in [2.05, 4.69) is 22.1 Å². The molecule has 1 fully saturated rings. The molecule has 1 aromatic heterocycles. The van der Waals surface area contributed by atoms with Gasteiger partial charge in [0.1, 0.15) is 5.75 Å². The van der Waals surface area contributed by atoms with Crippen molar-refractivity contribution in [2.24, 2.45) is 0 Å². The summed E-state index contributed by atoms with van der Waals surface area (Å²) >= 11 is 1.50. The first-order valence-electron chi connectivity index (χ1n) is 8.80. The topological polar surface area (TPSA) is 71.5 Å². The van der Waals surface area contributed by atoms with Crippen LogP contribution in [0, 0.1) is 0 Å². The maximum atomic E-state index is 12.4. The number of nitrogens with one attached hydrogen (secondary N) is 1. The van der Waals surface area contributed by atoms with Crippen LogP contribution in [0.5, 0.6) is 5.75 Å². The molecule has 1 saturated heterocycles. The minimum atomic E-state index is -0.418. The van der Waals surface area contributed by atoms with E-state index in [4.69, 9.17) is 4.74 Å². The molecule has 7 heteroatoms. The molecule has 0 spiro atoms. The van der Waals surface area contributed by atoms with Crippen molar-refractivity contribution in [1.29, 1.82) is 0 Å².